The molecule has 2 heterocycles. The molecular formula is C31H33N5O5. The molecule has 1 saturated carbocycles. The van der Waals surface area contributed by atoms with Crippen LogP contribution in [0, 0.1) is 5.92 Å². The fourth-order valence-corrected chi connectivity index (χ4v) is 5.05. The molecule has 1 atom stereocenters. The van der Waals surface area contributed by atoms with Crippen LogP contribution in [-0.2, 0) is 9.59 Å². The molecule has 1 aliphatic heterocycles. The molecular weight excluding hydrogens is 522 g/mol. The van der Waals surface area contributed by atoms with Gasteiger partial charge in [-0.2, -0.15) is 0 Å². The largest absolute Gasteiger partial charge is 0.481 e. The van der Waals surface area contributed by atoms with Gasteiger partial charge in [0.15, 0.2) is 0 Å². The highest BCUT2D eigenvalue weighted by Crippen LogP contribution is 2.33. The van der Waals surface area contributed by atoms with Crippen molar-refractivity contribution in [2.24, 2.45) is 5.92 Å². The number of hydrogen-bond acceptors (Lipinski definition) is 6. The summed E-state index contributed by atoms with van der Waals surface area (Å²) in [5.41, 5.74) is 2.54. The Kier molecular flexibility index (Phi) is 8.57. The molecule has 2 aliphatic rings. The maximum absolute atomic E-state index is 13.4. The molecule has 1 unspecified atom stereocenters. The standard InChI is InChI=1S/C31H33N5O5/c37-28(38)19-25(24-8-4-13-32-20-24)33-30(40)23-11-12-27(26(18-23)34-29(39)21-6-2-1-3-7-21)35-14-5-15-36(17-16-35)31(41)22-9-10-22/h1-4,6-8,11-13,18,20,22,25H,5,9-10,14-17,19H2,(H,33,40)(H,34,39)(H,37,38). The van der Waals surface area contributed by atoms with E-state index in [1.54, 1.807) is 60.8 Å². The molecule has 3 N–H and O–H groups in total. The third-order valence-corrected chi connectivity index (χ3v) is 7.39. The van der Waals surface area contributed by atoms with Gasteiger partial charge in [-0.1, -0.05) is 24.3 Å². The van der Waals surface area contributed by atoms with E-state index in [0.717, 1.165) is 24.9 Å². The zero-order valence-electron chi connectivity index (χ0n) is 22.7. The lowest BCUT2D eigenvalue weighted by atomic mass is 10.0. The number of anilines is 2. The van der Waals surface area contributed by atoms with E-state index in [1.807, 2.05) is 11.0 Å². The number of benzene rings is 2. The van der Waals surface area contributed by atoms with Crippen LogP contribution in [0.1, 0.15) is 58.0 Å². The first-order valence-electron chi connectivity index (χ1n) is 13.9. The molecule has 0 bridgehead atoms. The first-order valence-corrected chi connectivity index (χ1v) is 13.9. The van der Waals surface area contributed by atoms with E-state index < -0.39 is 17.9 Å². The van der Waals surface area contributed by atoms with Crippen molar-refractivity contribution in [1.82, 2.24) is 15.2 Å². The second-order valence-corrected chi connectivity index (χ2v) is 10.4. The van der Waals surface area contributed by atoms with Crippen LogP contribution in [0.5, 0.6) is 0 Å². The number of hydrogen-bond donors (Lipinski definition) is 3. The number of carboxylic acids is 1. The predicted octanol–water partition coefficient (Wildman–Crippen LogP) is 3.73. The third kappa shape index (κ3) is 7.08. The lowest BCUT2D eigenvalue weighted by Gasteiger charge is -2.27. The van der Waals surface area contributed by atoms with E-state index in [1.165, 1.54) is 6.20 Å². The topological polar surface area (TPSA) is 132 Å². The summed E-state index contributed by atoms with van der Waals surface area (Å²) in [5, 5.41) is 15.2. The van der Waals surface area contributed by atoms with Crippen molar-refractivity contribution in [2.75, 3.05) is 36.4 Å². The molecule has 1 aliphatic carbocycles. The summed E-state index contributed by atoms with van der Waals surface area (Å²) in [6, 6.07) is 16.5. The molecule has 1 aromatic heterocycles. The molecule has 3 aromatic rings. The van der Waals surface area contributed by atoms with Gasteiger partial charge < -0.3 is 25.5 Å². The summed E-state index contributed by atoms with van der Waals surface area (Å²) >= 11 is 0. The van der Waals surface area contributed by atoms with E-state index in [9.17, 15) is 24.3 Å². The summed E-state index contributed by atoms with van der Waals surface area (Å²) in [6.07, 6.45) is 5.51. The number of pyridine rings is 1. The molecule has 0 radical (unpaired) electrons. The number of aromatic nitrogens is 1. The maximum atomic E-state index is 13.4. The van der Waals surface area contributed by atoms with Crippen LogP contribution < -0.4 is 15.5 Å². The number of nitrogens with one attached hydrogen (secondary N) is 2. The summed E-state index contributed by atoms with van der Waals surface area (Å²) in [6.45, 7) is 2.57. The van der Waals surface area contributed by atoms with Crippen LogP contribution >= 0.6 is 0 Å². The van der Waals surface area contributed by atoms with Crippen molar-refractivity contribution in [2.45, 2.75) is 31.7 Å². The molecule has 5 rings (SSSR count). The van der Waals surface area contributed by atoms with Crippen molar-refractivity contribution in [3.05, 3.63) is 89.7 Å². The lowest BCUT2D eigenvalue weighted by molar-refractivity contribution is -0.137. The third-order valence-electron chi connectivity index (χ3n) is 7.39. The Bertz CT molecular complexity index is 1410. The van der Waals surface area contributed by atoms with Gasteiger partial charge in [0.25, 0.3) is 11.8 Å². The predicted molar refractivity (Wildman–Crippen MR) is 154 cm³/mol. The smallest absolute Gasteiger partial charge is 0.305 e. The van der Waals surface area contributed by atoms with Crippen molar-refractivity contribution < 1.29 is 24.3 Å². The number of amides is 3. The highest BCUT2D eigenvalue weighted by Gasteiger charge is 2.34. The number of aliphatic carboxylic acids is 1. The fraction of sp³-hybridized carbons (Fsp3) is 0.323. The maximum Gasteiger partial charge on any atom is 0.305 e. The van der Waals surface area contributed by atoms with Crippen molar-refractivity contribution in [3.8, 4) is 0 Å². The fourth-order valence-electron chi connectivity index (χ4n) is 5.05. The Morgan fingerprint density at radius 2 is 1.71 bits per heavy atom. The van der Waals surface area contributed by atoms with Crippen LogP contribution in [-0.4, -0.2) is 64.9 Å². The van der Waals surface area contributed by atoms with Crippen LogP contribution in [0.3, 0.4) is 0 Å². The van der Waals surface area contributed by atoms with Gasteiger partial charge in [0.05, 0.1) is 23.8 Å². The van der Waals surface area contributed by atoms with Gasteiger partial charge in [0.2, 0.25) is 5.91 Å². The first kappa shape index (κ1) is 27.8. The monoisotopic (exact) mass is 555 g/mol. The van der Waals surface area contributed by atoms with Gasteiger partial charge in [-0.25, -0.2) is 0 Å². The Morgan fingerprint density at radius 1 is 0.902 bits per heavy atom. The van der Waals surface area contributed by atoms with Crippen molar-refractivity contribution >= 4 is 35.1 Å². The summed E-state index contributed by atoms with van der Waals surface area (Å²) < 4.78 is 0. The molecule has 212 valence electrons. The van der Waals surface area contributed by atoms with Crippen LogP contribution in [0.4, 0.5) is 11.4 Å². The lowest BCUT2D eigenvalue weighted by Crippen LogP contribution is -2.36. The molecule has 41 heavy (non-hydrogen) atoms. The van der Waals surface area contributed by atoms with Gasteiger partial charge in [-0.3, -0.25) is 24.2 Å². The van der Waals surface area contributed by atoms with Crippen molar-refractivity contribution in [3.63, 3.8) is 0 Å². The van der Waals surface area contributed by atoms with Crippen LogP contribution in [0.25, 0.3) is 0 Å². The molecule has 2 fully saturated rings. The summed E-state index contributed by atoms with van der Waals surface area (Å²) in [7, 11) is 0. The minimum Gasteiger partial charge on any atom is -0.481 e. The van der Waals surface area contributed by atoms with Gasteiger partial charge in [0.1, 0.15) is 0 Å². The normalized spacial score (nSPS) is 15.9. The highest BCUT2D eigenvalue weighted by atomic mass is 16.4. The van der Waals surface area contributed by atoms with Crippen LogP contribution in [0.2, 0.25) is 0 Å². The molecule has 3 amide bonds. The Labute approximate surface area is 238 Å². The molecule has 0 spiro atoms. The van der Waals surface area contributed by atoms with Gasteiger partial charge in [-0.15, -0.1) is 0 Å². The summed E-state index contributed by atoms with van der Waals surface area (Å²) in [5.74, 6) is -1.46. The van der Waals surface area contributed by atoms with E-state index >= 15 is 0 Å². The minimum absolute atomic E-state index is 0.164. The van der Waals surface area contributed by atoms with Crippen molar-refractivity contribution in [1.29, 1.82) is 0 Å². The second kappa shape index (κ2) is 12.6. The minimum atomic E-state index is -1.05. The Hall–Kier alpha value is -4.73. The van der Waals surface area contributed by atoms with Gasteiger partial charge in [0, 0.05) is 55.6 Å². The van der Waals surface area contributed by atoms with E-state index in [4.69, 9.17) is 0 Å². The zero-order valence-corrected chi connectivity index (χ0v) is 22.7. The van der Waals surface area contributed by atoms with Gasteiger partial charge in [-0.05, 0) is 61.2 Å². The van der Waals surface area contributed by atoms with Crippen LogP contribution in [0.15, 0.2) is 73.1 Å². The average molecular weight is 556 g/mol. The SMILES string of the molecule is O=C(O)CC(NC(=O)c1ccc(N2CCCN(C(=O)C3CC3)CC2)c(NC(=O)c2ccccc2)c1)c1cccnc1. The molecule has 1 saturated heterocycles. The zero-order chi connectivity index (χ0) is 28.8. The average Bonchev–Trinajstić information content (AvgIpc) is 3.85. The molecule has 2 aromatic carbocycles. The van der Waals surface area contributed by atoms with E-state index in [2.05, 4.69) is 20.5 Å². The Balaban J connectivity index is 1.40. The first-order chi connectivity index (χ1) is 19.9. The van der Waals surface area contributed by atoms with E-state index in [0.29, 0.717) is 43.0 Å². The quantitative estimate of drug-likeness (QED) is 0.367. The number of rotatable bonds is 9. The Morgan fingerprint density at radius 3 is 2.41 bits per heavy atom. The van der Waals surface area contributed by atoms with Gasteiger partial charge >= 0.3 is 5.97 Å². The molecule has 10 heteroatoms. The number of nitrogens with zero attached hydrogens (tertiary/aromatic N) is 3. The highest BCUT2D eigenvalue weighted by molar-refractivity contribution is 6.07. The number of carboxylic acid groups (broad SMARTS) is 1. The molecule has 10 nitrogen and oxygen atoms in total. The number of carbonyl (C=O) groups is 4. The summed E-state index contributed by atoms with van der Waals surface area (Å²) in [4.78, 5) is 58.8. The number of carbonyl (C=O) groups excluding carboxylic acids is 3. The van der Waals surface area contributed by atoms with E-state index in [-0.39, 0.29) is 29.7 Å². The second-order valence-electron chi connectivity index (χ2n) is 10.4.